The number of hydrogen-bond donors (Lipinski definition) is 2. The van der Waals surface area contributed by atoms with Gasteiger partial charge in [0, 0.05) is 19.6 Å². The summed E-state index contributed by atoms with van der Waals surface area (Å²) in [6.07, 6.45) is 2.49. The minimum Gasteiger partial charge on any atom is -0.304 e. The number of hydrazine groups is 2. The maximum Gasteiger partial charge on any atom is 0.0156 e. The molecule has 0 aromatic heterocycles. The zero-order valence-electron chi connectivity index (χ0n) is 9.55. The van der Waals surface area contributed by atoms with Crippen LogP contribution >= 0.6 is 0 Å². The Labute approximate surface area is 87.6 Å². The molecule has 1 heterocycles. The van der Waals surface area contributed by atoms with E-state index in [0.717, 1.165) is 13.1 Å². The van der Waals surface area contributed by atoms with Gasteiger partial charge in [0.05, 0.1) is 0 Å². The highest BCUT2D eigenvalue weighted by Crippen LogP contribution is 1.95. The van der Waals surface area contributed by atoms with Crippen molar-refractivity contribution in [2.45, 2.75) is 26.7 Å². The van der Waals surface area contributed by atoms with E-state index in [1.807, 2.05) is 0 Å². The van der Waals surface area contributed by atoms with E-state index in [-0.39, 0.29) is 0 Å². The number of rotatable bonds is 6. The summed E-state index contributed by atoms with van der Waals surface area (Å²) in [4.78, 5) is 2.47. The summed E-state index contributed by atoms with van der Waals surface area (Å²) in [5.74, 6) is 0. The van der Waals surface area contributed by atoms with Gasteiger partial charge >= 0.3 is 0 Å². The van der Waals surface area contributed by atoms with Crippen LogP contribution in [0.2, 0.25) is 0 Å². The molecule has 0 aromatic rings. The molecule has 0 atom stereocenters. The monoisotopic (exact) mass is 200 g/mol. The van der Waals surface area contributed by atoms with Crippen LogP contribution in [0.15, 0.2) is 0 Å². The standard InChI is InChI=1S/C10H24N4/c1-3-13(4-2)8-6-10-14-9-5-7-11-12-14/h11-12H,3-10H2,1-2H3. The first-order chi connectivity index (χ1) is 6.86. The molecule has 0 aromatic carbocycles. The maximum atomic E-state index is 3.19. The molecule has 4 heteroatoms. The van der Waals surface area contributed by atoms with Gasteiger partial charge in [0.25, 0.3) is 0 Å². The zero-order chi connectivity index (χ0) is 10.2. The van der Waals surface area contributed by atoms with E-state index in [0.29, 0.717) is 0 Å². The van der Waals surface area contributed by atoms with Gasteiger partial charge in [-0.1, -0.05) is 13.8 Å². The van der Waals surface area contributed by atoms with Crippen molar-refractivity contribution >= 4 is 0 Å². The minimum absolute atomic E-state index is 1.09. The van der Waals surface area contributed by atoms with Crippen molar-refractivity contribution in [2.24, 2.45) is 0 Å². The topological polar surface area (TPSA) is 30.5 Å². The highest BCUT2D eigenvalue weighted by atomic mass is 15.7. The second-order valence-electron chi connectivity index (χ2n) is 3.76. The van der Waals surface area contributed by atoms with E-state index in [9.17, 15) is 0 Å². The molecule has 0 aliphatic carbocycles. The molecule has 14 heavy (non-hydrogen) atoms. The fourth-order valence-electron chi connectivity index (χ4n) is 1.77. The predicted octanol–water partition coefficient (Wildman–Crippen LogP) is 0.433. The summed E-state index contributed by atoms with van der Waals surface area (Å²) in [6.45, 7) is 11.4. The Bertz CT molecular complexity index is 130. The Morgan fingerprint density at radius 3 is 2.64 bits per heavy atom. The van der Waals surface area contributed by atoms with Gasteiger partial charge in [-0.2, -0.15) is 5.53 Å². The third kappa shape index (κ3) is 4.37. The van der Waals surface area contributed by atoms with Crippen molar-refractivity contribution in [3.8, 4) is 0 Å². The van der Waals surface area contributed by atoms with E-state index < -0.39 is 0 Å². The molecule has 2 N–H and O–H groups in total. The van der Waals surface area contributed by atoms with Crippen LogP contribution in [0.1, 0.15) is 26.7 Å². The van der Waals surface area contributed by atoms with Gasteiger partial charge in [0.2, 0.25) is 0 Å². The molecule has 0 saturated carbocycles. The Kier molecular flexibility index (Phi) is 6.10. The molecule has 1 rings (SSSR count). The zero-order valence-corrected chi connectivity index (χ0v) is 9.55. The van der Waals surface area contributed by atoms with Gasteiger partial charge in [-0.05, 0) is 32.5 Å². The Morgan fingerprint density at radius 2 is 2.07 bits per heavy atom. The van der Waals surface area contributed by atoms with Crippen molar-refractivity contribution in [3.05, 3.63) is 0 Å². The van der Waals surface area contributed by atoms with E-state index in [2.05, 4.69) is 34.7 Å². The van der Waals surface area contributed by atoms with E-state index in [4.69, 9.17) is 0 Å². The van der Waals surface area contributed by atoms with Crippen LogP contribution in [0, 0.1) is 0 Å². The number of hydrogen-bond acceptors (Lipinski definition) is 4. The molecule has 0 bridgehead atoms. The third-order valence-corrected chi connectivity index (χ3v) is 2.76. The quantitative estimate of drug-likeness (QED) is 0.651. The normalized spacial score (nSPS) is 19.1. The van der Waals surface area contributed by atoms with Crippen LogP contribution in [0.4, 0.5) is 0 Å². The van der Waals surface area contributed by atoms with Crippen LogP contribution in [-0.4, -0.2) is 49.2 Å². The second kappa shape index (κ2) is 7.17. The van der Waals surface area contributed by atoms with E-state index in [1.54, 1.807) is 0 Å². The highest BCUT2D eigenvalue weighted by Gasteiger charge is 2.08. The van der Waals surface area contributed by atoms with Gasteiger partial charge in [-0.3, -0.25) is 0 Å². The van der Waals surface area contributed by atoms with Gasteiger partial charge < -0.3 is 4.90 Å². The van der Waals surface area contributed by atoms with Crippen LogP contribution in [0.5, 0.6) is 0 Å². The minimum atomic E-state index is 1.09. The Morgan fingerprint density at radius 1 is 1.29 bits per heavy atom. The predicted molar refractivity (Wildman–Crippen MR) is 59.7 cm³/mol. The smallest absolute Gasteiger partial charge is 0.0156 e. The average molecular weight is 200 g/mol. The summed E-state index contributed by atoms with van der Waals surface area (Å²) in [7, 11) is 0. The van der Waals surface area contributed by atoms with Crippen LogP contribution < -0.4 is 11.0 Å². The molecule has 1 aliphatic rings. The average Bonchev–Trinajstić information content (AvgIpc) is 2.26. The SMILES string of the molecule is CCN(CC)CCCN1CCCNN1. The maximum absolute atomic E-state index is 3.19. The third-order valence-electron chi connectivity index (χ3n) is 2.76. The van der Waals surface area contributed by atoms with Crippen molar-refractivity contribution < 1.29 is 0 Å². The summed E-state index contributed by atoms with van der Waals surface area (Å²) in [5, 5.41) is 2.27. The lowest BCUT2D eigenvalue weighted by Gasteiger charge is -2.29. The Balaban J connectivity index is 2.01. The summed E-state index contributed by atoms with van der Waals surface area (Å²) >= 11 is 0. The summed E-state index contributed by atoms with van der Waals surface area (Å²) < 4.78 is 0. The van der Waals surface area contributed by atoms with Gasteiger partial charge in [-0.15, -0.1) is 0 Å². The molecule has 1 saturated heterocycles. The molecular formula is C10H24N4. The summed E-state index contributed by atoms with van der Waals surface area (Å²) in [6, 6.07) is 0. The Hall–Kier alpha value is -0.160. The molecule has 0 radical (unpaired) electrons. The molecule has 4 nitrogen and oxygen atoms in total. The van der Waals surface area contributed by atoms with Crippen molar-refractivity contribution in [1.29, 1.82) is 0 Å². The fraction of sp³-hybridized carbons (Fsp3) is 1.00. The molecule has 1 fully saturated rings. The largest absolute Gasteiger partial charge is 0.304 e. The first kappa shape index (κ1) is 11.9. The lowest BCUT2D eigenvalue weighted by Crippen LogP contribution is -2.53. The molecule has 84 valence electrons. The summed E-state index contributed by atoms with van der Waals surface area (Å²) in [5.41, 5.74) is 6.36. The van der Waals surface area contributed by atoms with Crippen molar-refractivity contribution in [3.63, 3.8) is 0 Å². The van der Waals surface area contributed by atoms with Gasteiger partial charge in [0.1, 0.15) is 0 Å². The fourth-order valence-corrected chi connectivity index (χ4v) is 1.77. The van der Waals surface area contributed by atoms with Gasteiger partial charge in [0.15, 0.2) is 0 Å². The van der Waals surface area contributed by atoms with Crippen LogP contribution in [-0.2, 0) is 0 Å². The molecule has 0 spiro atoms. The van der Waals surface area contributed by atoms with Crippen molar-refractivity contribution in [1.82, 2.24) is 20.9 Å². The lowest BCUT2D eigenvalue weighted by molar-refractivity contribution is 0.110. The molecule has 1 aliphatic heterocycles. The van der Waals surface area contributed by atoms with Crippen molar-refractivity contribution in [2.75, 3.05) is 39.3 Å². The van der Waals surface area contributed by atoms with Crippen LogP contribution in [0.25, 0.3) is 0 Å². The molecule has 0 unspecified atom stereocenters. The number of nitrogens with zero attached hydrogens (tertiary/aromatic N) is 2. The van der Waals surface area contributed by atoms with E-state index >= 15 is 0 Å². The second-order valence-corrected chi connectivity index (χ2v) is 3.76. The highest BCUT2D eigenvalue weighted by molar-refractivity contribution is 4.60. The first-order valence-corrected chi connectivity index (χ1v) is 5.82. The van der Waals surface area contributed by atoms with Gasteiger partial charge in [-0.25, -0.2) is 10.4 Å². The van der Waals surface area contributed by atoms with Crippen LogP contribution in [0.3, 0.4) is 0 Å². The van der Waals surface area contributed by atoms with E-state index in [1.165, 1.54) is 39.0 Å². The molecule has 0 amide bonds. The molecular weight excluding hydrogens is 176 g/mol. The number of nitrogens with one attached hydrogen (secondary N) is 2. The first-order valence-electron chi connectivity index (χ1n) is 5.82. The lowest BCUT2D eigenvalue weighted by atomic mass is 10.3.